The number of anilines is 3. The molecule has 3 heterocycles. The molecular weight excluding hydrogens is 454 g/mol. The minimum atomic E-state index is -1.72. The van der Waals surface area contributed by atoms with Gasteiger partial charge in [0.25, 0.3) is 17.7 Å². The molecule has 1 unspecified atom stereocenters. The van der Waals surface area contributed by atoms with Crippen LogP contribution in [0.25, 0.3) is 0 Å². The van der Waals surface area contributed by atoms with Crippen molar-refractivity contribution in [2.75, 3.05) is 48.0 Å². The minimum Gasteiger partial charge on any atom is -0.383 e. The lowest BCUT2D eigenvalue weighted by Crippen LogP contribution is -2.55. The molecule has 0 radical (unpaired) electrons. The molecule has 0 bridgehead atoms. The predicted molar refractivity (Wildman–Crippen MR) is 127 cm³/mol. The number of aliphatic hydroxyl groups excluding tert-OH is 1. The Kier molecular flexibility index (Phi) is 6.20. The van der Waals surface area contributed by atoms with E-state index in [2.05, 4.69) is 10.3 Å². The number of nitrogens with one attached hydrogen (secondary N) is 1. The minimum absolute atomic E-state index is 0.00865. The number of rotatable bonds is 5. The molecule has 0 spiro atoms. The van der Waals surface area contributed by atoms with Gasteiger partial charge in [0.15, 0.2) is 12.2 Å². The number of nitrogens with zero attached hydrogens (tertiary/aromatic N) is 3. The molecule has 35 heavy (non-hydrogen) atoms. The largest absolute Gasteiger partial charge is 0.383 e. The molecule has 2 atom stereocenters. The molecule has 182 valence electrons. The number of morpholine rings is 2. The smallest absolute Gasteiger partial charge is 0.259 e. The first-order chi connectivity index (χ1) is 16.9. The molecule has 0 aliphatic carbocycles. The molecule has 2 saturated heterocycles. The molecule has 3 aliphatic heterocycles. The van der Waals surface area contributed by atoms with Gasteiger partial charge in [0.1, 0.15) is 12.4 Å². The summed E-state index contributed by atoms with van der Waals surface area (Å²) < 4.78 is 10.7. The maximum atomic E-state index is 13.2. The van der Waals surface area contributed by atoms with Crippen molar-refractivity contribution in [1.29, 1.82) is 0 Å². The van der Waals surface area contributed by atoms with Crippen LogP contribution in [0.1, 0.15) is 11.1 Å². The van der Waals surface area contributed by atoms with E-state index in [0.717, 1.165) is 11.1 Å². The van der Waals surface area contributed by atoms with Gasteiger partial charge in [-0.05, 0) is 42.0 Å². The Morgan fingerprint density at radius 1 is 1.11 bits per heavy atom. The number of amides is 3. The molecule has 11 heteroatoms. The summed E-state index contributed by atoms with van der Waals surface area (Å²) >= 11 is 0. The third kappa shape index (κ3) is 4.48. The van der Waals surface area contributed by atoms with Gasteiger partial charge in [0.2, 0.25) is 0 Å². The number of ether oxygens (including phenoxy) is 2. The van der Waals surface area contributed by atoms with Gasteiger partial charge in [0, 0.05) is 35.7 Å². The van der Waals surface area contributed by atoms with Gasteiger partial charge in [-0.25, -0.2) is 0 Å². The van der Waals surface area contributed by atoms with E-state index < -0.39 is 24.0 Å². The van der Waals surface area contributed by atoms with Gasteiger partial charge in [-0.15, -0.1) is 0 Å². The highest BCUT2D eigenvalue weighted by Gasteiger charge is 2.39. The summed E-state index contributed by atoms with van der Waals surface area (Å²) in [6.07, 6.45) is -3.09. The number of carbonyl (C=O) groups is 3. The SMILES string of the molecule is NC1=NCc2cc(NC(=O)C(O)[C@H]3OCCN(c4cccc(N5CCOCC5=O)c4)C3=O)ccc21. The maximum Gasteiger partial charge on any atom is 0.259 e. The lowest BCUT2D eigenvalue weighted by Gasteiger charge is -2.35. The van der Waals surface area contributed by atoms with E-state index in [1.54, 1.807) is 47.4 Å². The third-order valence-corrected chi connectivity index (χ3v) is 6.18. The molecule has 3 amide bonds. The summed E-state index contributed by atoms with van der Waals surface area (Å²) in [5.74, 6) is -1.02. The van der Waals surface area contributed by atoms with E-state index >= 15 is 0 Å². The van der Waals surface area contributed by atoms with Gasteiger partial charge >= 0.3 is 0 Å². The molecule has 2 fully saturated rings. The first kappa shape index (κ1) is 23.0. The van der Waals surface area contributed by atoms with Crippen LogP contribution in [0.15, 0.2) is 47.5 Å². The number of benzene rings is 2. The van der Waals surface area contributed by atoms with E-state index in [1.165, 1.54) is 4.90 Å². The van der Waals surface area contributed by atoms with Crippen molar-refractivity contribution >= 4 is 40.6 Å². The number of aliphatic imine (C=N–C) groups is 1. The number of hydrogen-bond acceptors (Lipinski definition) is 8. The second-order valence-corrected chi connectivity index (χ2v) is 8.41. The van der Waals surface area contributed by atoms with Crippen LogP contribution in [0.2, 0.25) is 0 Å². The number of amidine groups is 1. The molecule has 2 aromatic carbocycles. The molecule has 4 N–H and O–H groups in total. The Bertz CT molecular complexity index is 1210. The highest BCUT2D eigenvalue weighted by atomic mass is 16.5. The van der Waals surface area contributed by atoms with Crippen LogP contribution in [-0.2, 0) is 30.4 Å². The number of hydrogen-bond donors (Lipinski definition) is 3. The fraction of sp³-hybridized carbons (Fsp3) is 0.333. The van der Waals surface area contributed by atoms with E-state index in [0.29, 0.717) is 42.6 Å². The Labute approximate surface area is 201 Å². The number of fused-ring (bicyclic) bond motifs is 1. The fourth-order valence-corrected chi connectivity index (χ4v) is 4.37. The molecule has 2 aromatic rings. The van der Waals surface area contributed by atoms with Crippen LogP contribution in [0.5, 0.6) is 0 Å². The molecule has 3 aliphatic rings. The first-order valence-electron chi connectivity index (χ1n) is 11.3. The molecule has 11 nitrogen and oxygen atoms in total. The second-order valence-electron chi connectivity index (χ2n) is 8.41. The zero-order valence-electron chi connectivity index (χ0n) is 18.8. The van der Waals surface area contributed by atoms with Gasteiger partial charge in [-0.2, -0.15) is 0 Å². The molecular formula is C24H25N5O6. The zero-order valence-corrected chi connectivity index (χ0v) is 18.8. The van der Waals surface area contributed by atoms with Crippen LogP contribution >= 0.6 is 0 Å². The number of aliphatic hydroxyl groups is 1. The normalized spacial score (nSPS) is 20.9. The lowest BCUT2D eigenvalue weighted by molar-refractivity contribution is -0.150. The van der Waals surface area contributed by atoms with Crippen molar-refractivity contribution in [1.82, 2.24) is 0 Å². The van der Waals surface area contributed by atoms with Crippen molar-refractivity contribution in [2.45, 2.75) is 18.8 Å². The highest BCUT2D eigenvalue weighted by Crippen LogP contribution is 2.27. The van der Waals surface area contributed by atoms with Crippen LogP contribution < -0.4 is 20.9 Å². The average Bonchev–Trinajstić information content (AvgIpc) is 3.24. The summed E-state index contributed by atoms with van der Waals surface area (Å²) in [6.45, 7) is 1.66. The number of carbonyl (C=O) groups excluding carboxylic acids is 3. The zero-order chi connectivity index (χ0) is 24.5. The summed E-state index contributed by atoms with van der Waals surface area (Å²) in [6, 6.07) is 12.1. The maximum absolute atomic E-state index is 13.2. The standard InChI is InChI=1S/C24H25N5O6/c25-22-18-5-4-15(10-14(18)12-26-22)27-23(32)20(31)21-24(33)29(7-9-35-21)17-3-1-2-16(11-17)28-6-8-34-13-19(28)30/h1-5,10-11,20-21,31H,6-9,12-13H2,(H2,25,26)(H,27,32)/t20?,21-/m1/s1. The lowest BCUT2D eigenvalue weighted by atomic mass is 10.1. The fourth-order valence-electron chi connectivity index (χ4n) is 4.37. The van der Waals surface area contributed by atoms with E-state index in [1.807, 2.05) is 0 Å². The van der Waals surface area contributed by atoms with Crippen LogP contribution in [0.4, 0.5) is 17.1 Å². The van der Waals surface area contributed by atoms with Crippen LogP contribution in [-0.4, -0.2) is 73.8 Å². The Morgan fingerprint density at radius 2 is 1.89 bits per heavy atom. The van der Waals surface area contributed by atoms with Gasteiger partial charge in [0.05, 0.1) is 19.8 Å². The average molecular weight is 479 g/mol. The van der Waals surface area contributed by atoms with Crippen LogP contribution in [0, 0.1) is 0 Å². The summed E-state index contributed by atoms with van der Waals surface area (Å²) in [5, 5.41) is 13.3. The molecule has 0 aromatic heterocycles. The topological polar surface area (TPSA) is 147 Å². The van der Waals surface area contributed by atoms with Crippen LogP contribution in [0.3, 0.4) is 0 Å². The second kappa shape index (κ2) is 9.45. The summed E-state index contributed by atoms with van der Waals surface area (Å²) in [4.78, 5) is 45.4. The Morgan fingerprint density at radius 3 is 2.69 bits per heavy atom. The Hall–Kier alpha value is -3.80. The van der Waals surface area contributed by atoms with Crippen molar-refractivity contribution in [3.63, 3.8) is 0 Å². The third-order valence-electron chi connectivity index (χ3n) is 6.18. The molecule has 5 rings (SSSR count). The van der Waals surface area contributed by atoms with E-state index in [4.69, 9.17) is 15.2 Å². The monoisotopic (exact) mass is 479 g/mol. The van der Waals surface area contributed by atoms with Gasteiger partial charge in [-0.1, -0.05) is 6.07 Å². The van der Waals surface area contributed by atoms with Crippen molar-refractivity contribution < 1.29 is 29.0 Å². The predicted octanol–water partition coefficient (Wildman–Crippen LogP) is 0.0001000. The van der Waals surface area contributed by atoms with E-state index in [-0.39, 0.29) is 25.7 Å². The highest BCUT2D eigenvalue weighted by molar-refractivity contribution is 6.05. The van der Waals surface area contributed by atoms with Crippen molar-refractivity contribution in [2.24, 2.45) is 10.7 Å². The van der Waals surface area contributed by atoms with Crippen molar-refractivity contribution in [3.8, 4) is 0 Å². The quantitative estimate of drug-likeness (QED) is 0.547. The summed E-state index contributed by atoms with van der Waals surface area (Å²) in [7, 11) is 0. The first-order valence-corrected chi connectivity index (χ1v) is 11.3. The van der Waals surface area contributed by atoms with Gasteiger partial charge in [-0.3, -0.25) is 19.4 Å². The number of nitrogens with two attached hydrogens (primary N) is 1. The van der Waals surface area contributed by atoms with Gasteiger partial charge < -0.3 is 35.4 Å². The molecule has 0 saturated carbocycles. The summed E-state index contributed by atoms with van der Waals surface area (Å²) in [5.41, 5.74) is 9.14. The van der Waals surface area contributed by atoms with Crippen molar-refractivity contribution in [3.05, 3.63) is 53.6 Å². The Balaban J connectivity index is 1.28. The van der Waals surface area contributed by atoms with E-state index in [9.17, 15) is 19.5 Å².